The quantitative estimate of drug-likeness (QED) is 0.447. The number of rotatable bonds is 7. The van der Waals surface area contributed by atoms with Crippen LogP contribution in [0.2, 0.25) is 0 Å². The Morgan fingerprint density at radius 1 is 1.22 bits per heavy atom. The summed E-state index contributed by atoms with van der Waals surface area (Å²) in [6.45, 7) is 10.8. The van der Waals surface area contributed by atoms with Gasteiger partial charge in [0.05, 0.1) is 11.0 Å². The molecule has 0 aliphatic carbocycles. The predicted octanol–water partition coefficient (Wildman–Crippen LogP) is 2.63. The molecule has 0 spiro atoms. The Labute approximate surface area is 163 Å². The number of fused-ring (bicyclic) bond motifs is 1. The molecule has 2 heterocycles. The summed E-state index contributed by atoms with van der Waals surface area (Å²) >= 11 is 0. The number of piperidine rings is 1. The number of aryl methyl sites for hydroxylation is 2. The highest BCUT2D eigenvalue weighted by Gasteiger charge is 2.15. The minimum absolute atomic E-state index is 0.832. The van der Waals surface area contributed by atoms with E-state index in [-0.39, 0.29) is 0 Å². The molecule has 1 unspecified atom stereocenters. The monoisotopic (exact) mass is 370 g/mol. The van der Waals surface area contributed by atoms with Crippen LogP contribution in [0.5, 0.6) is 0 Å². The normalized spacial score (nSPS) is 18.8. The summed E-state index contributed by atoms with van der Waals surface area (Å²) < 4.78 is 2.30. The van der Waals surface area contributed by atoms with Gasteiger partial charge >= 0.3 is 0 Å². The number of guanidine groups is 1. The Morgan fingerprint density at radius 2 is 2.04 bits per heavy atom. The number of nitrogens with one attached hydrogen (secondary N) is 2. The van der Waals surface area contributed by atoms with Crippen LogP contribution in [0.25, 0.3) is 11.0 Å². The average molecular weight is 371 g/mol. The first-order valence-electron chi connectivity index (χ1n) is 10.3. The Hall–Kier alpha value is -2.08. The third-order valence-electron chi connectivity index (χ3n) is 5.38. The molecule has 2 N–H and O–H groups in total. The lowest BCUT2D eigenvalue weighted by molar-refractivity contribution is 0.187. The van der Waals surface area contributed by atoms with Crippen LogP contribution in [0.4, 0.5) is 0 Å². The average Bonchev–Trinajstić information content (AvgIpc) is 2.99. The van der Waals surface area contributed by atoms with Crippen molar-refractivity contribution in [1.29, 1.82) is 0 Å². The number of aliphatic imine (C=N–C) groups is 1. The summed E-state index contributed by atoms with van der Waals surface area (Å²) in [6, 6.07) is 8.34. The number of hydrogen-bond acceptors (Lipinski definition) is 3. The number of aromatic nitrogens is 2. The van der Waals surface area contributed by atoms with Crippen LogP contribution < -0.4 is 10.6 Å². The number of imidazole rings is 1. The number of hydrogen-bond donors (Lipinski definition) is 2. The lowest BCUT2D eigenvalue weighted by Crippen LogP contribution is -2.44. The molecule has 1 aliphatic heterocycles. The van der Waals surface area contributed by atoms with Crippen LogP contribution in [0.1, 0.15) is 32.0 Å². The molecule has 1 aromatic carbocycles. The minimum Gasteiger partial charge on any atom is -0.356 e. The van der Waals surface area contributed by atoms with Gasteiger partial charge in [-0.1, -0.05) is 19.1 Å². The molecule has 3 rings (SSSR count). The van der Waals surface area contributed by atoms with Crippen LogP contribution in [0.3, 0.4) is 0 Å². The number of benzene rings is 1. The van der Waals surface area contributed by atoms with Gasteiger partial charge < -0.3 is 20.1 Å². The molecule has 2 aromatic rings. The molecule has 6 nitrogen and oxygen atoms in total. The zero-order chi connectivity index (χ0) is 19.1. The van der Waals surface area contributed by atoms with E-state index in [1.165, 1.54) is 31.4 Å². The lowest BCUT2D eigenvalue weighted by Gasteiger charge is -2.30. The first-order valence-corrected chi connectivity index (χ1v) is 10.3. The second-order valence-corrected chi connectivity index (χ2v) is 7.63. The van der Waals surface area contributed by atoms with E-state index in [9.17, 15) is 0 Å². The van der Waals surface area contributed by atoms with Crippen molar-refractivity contribution in [2.24, 2.45) is 10.9 Å². The van der Waals surface area contributed by atoms with E-state index >= 15 is 0 Å². The van der Waals surface area contributed by atoms with E-state index in [2.05, 4.69) is 62.1 Å². The molecule has 0 bridgehead atoms. The van der Waals surface area contributed by atoms with Crippen molar-refractivity contribution in [1.82, 2.24) is 25.1 Å². The SMILES string of the molecule is CN=C(NCCCn1c(C)nc2ccccc21)NCCN1CCCC(C)C1. The van der Waals surface area contributed by atoms with Crippen LogP contribution in [-0.2, 0) is 6.54 Å². The van der Waals surface area contributed by atoms with Crippen molar-refractivity contribution in [2.45, 2.75) is 39.7 Å². The molecule has 1 saturated heterocycles. The van der Waals surface area contributed by atoms with Gasteiger partial charge in [0.1, 0.15) is 5.82 Å². The molecule has 1 atom stereocenters. The van der Waals surface area contributed by atoms with Crippen molar-refractivity contribution < 1.29 is 0 Å². The first-order chi connectivity index (χ1) is 13.2. The third kappa shape index (κ3) is 5.45. The van der Waals surface area contributed by atoms with E-state index in [0.717, 1.165) is 55.8 Å². The van der Waals surface area contributed by atoms with Gasteiger partial charge in [-0.2, -0.15) is 0 Å². The van der Waals surface area contributed by atoms with Gasteiger partial charge in [-0.3, -0.25) is 4.99 Å². The van der Waals surface area contributed by atoms with Gasteiger partial charge in [-0.15, -0.1) is 0 Å². The van der Waals surface area contributed by atoms with Gasteiger partial charge in [-0.25, -0.2) is 4.98 Å². The summed E-state index contributed by atoms with van der Waals surface area (Å²) in [5, 5.41) is 6.88. The Kier molecular flexibility index (Phi) is 7.10. The van der Waals surface area contributed by atoms with Crippen molar-refractivity contribution in [2.75, 3.05) is 39.8 Å². The van der Waals surface area contributed by atoms with Crippen LogP contribution in [0.15, 0.2) is 29.3 Å². The highest BCUT2D eigenvalue weighted by molar-refractivity contribution is 5.79. The van der Waals surface area contributed by atoms with Crippen molar-refractivity contribution in [3.63, 3.8) is 0 Å². The molecule has 0 radical (unpaired) electrons. The molecule has 0 amide bonds. The highest BCUT2D eigenvalue weighted by atomic mass is 15.2. The standard InChI is InChI=1S/C21H34N6/c1-17-8-6-13-26(16-17)15-12-24-21(22-3)23-11-7-14-27-18(2)25-19-9-4-5-10-20(19)27/h4-5,9-10,17H,6-8,11-16H2,1-3H3,(H2,22,23,24). The summed E-state index contributed by atoms with van der Waals surface area (Å²) in [5.41, 5.74) is 2.29. The molecular formula is C21H34N6. The summed E-state index contributed by atoms with van der Waals surface area (Å²) in [6.07, 6.45) is 3.74. The van der Waals surface area contributed by atoms with Gasteiger partial charge in [0.2, 0.25) is 0 Å². The molecule has 148 valence electrons. The van der Waals surface area contributed by atoms with Crippen LogP contribution in [0, 0.1) is 12.8 Å². The third-order valence-corrected chi connectivity index (χ3v) is 5.38. The smallest absolute Gasteiger partial charge is 0.191 e. The fourth-order valence-electron chi connectivity index (χ4n) is 3.96. The predicted molar refractivity (Wildman–Crippen MR) is 113 cm³/mol. The second-order valence-electron chi connectivity index (χ2n) is 7.63. The van der Waals surface area contributed by atoms with Crippen molar-refractivity contribution in [3.05, 3.63) is 30.1 Å². The zero-order valence-corrected chi connectivity index (χ0v) is 17.0. The Morgan fingerprint density at radius 3 is 2.85 bits per heavy atom. The van der Waals surface area contributed by atoms with Gasteiger partial charge in [0, 0.05) is 39.8 Å². The molecular weight excluding hydrogens is 336 g/mol. The summed E-state index contributed by atoms with van der Waals surface area (Å²) in [4.78, 5) is 11.5. The van der Waals surface area contributed by atoms with Gasteiger partial charge in [-0.05, 0) is 50.8 Å². The summed E-state index contributed by atoms with van der Waals surface area (Å²) in [7, 11) is 1.84. The van der Waals surface area contributed by atoms with Gasteiger partial charge in [0.25, 0.3) is 0 Å². The molecule has 1 fully saturated rings. The van der Waals surface area contributed by atoms with E-state index in [0.29, 0.717) is 0 Å². The van der Waals surface area contributed by atoms with Gasteiger partial charge in [0.15, 0.2) is 5.96 Å². The highest BCUT2D eigenvalue weighted by Crippen LogP contribution is 2.16. The van der Waals surface area contributed by atoms with E-state index in [4.69, 9.17) is 0 Å². The van der Waals surface area contributed by atoms with Crippen LogP contribution >= 0.6 is 0 Å². The minimum atomic E-state index is 0.832. The maximum atomic E-state index is 4.64. The van der Waals surface area contributed by atoms with E-state index in [1.807, 2.05) is 13.1 Å². The molecule has 27 heavy (non-hydrogen) atoms. The fourth-order valence-corrected chi connectivity index (χ4v) is 3.96. The van der Waals surface area contributed by atoms with Crippen molar-refractivity contribution in [3.8, 4) is 0 Å². The largest absolute Gasteiger partial charge is 0.356 e. The topological polar surface area (TPSA) is 57.5 Å². The Bertz CT molecular complexity index is 750. The first kappa shape index (κ1) is 19.7. The van der Waals surface area contributed by atoms with E-state index < -0.39 is 0 Å². The lowest BCUT2D eigenvalue weighted by atomic mass is 10.0. The van der Waals surface area contributed by atoms with Crippen molar-refractivity contribution >= 4 is 17.0 Å². The zero-order valence-electron chi connectivity index (χ0n) is 17.0. The van der Waals surface area contributed by atoms with Crippen LogP contribution in [-0.4, -0.2) is 60.2 Å². The fraction of sp³-hybridized carbons (Fsp3) is 0.619. The number of para-hydroxylation sites is 2. The Balaban J connectivity index is 1.37. The molecule has 0 saturated carbocycles. The van der Waals surface area contributed by atoms with E-state index in [1.54, 1.807) is 0 Å². The molecule has 1 aliphatic rings. The maximum Gasteiger partial charge on any atom is 0.191 e. The summed E-state index contributed by atoms with van der Waals surface area (Å²) in [5.74, 6) is 2.81. The number of nitrogens with zero attached hydrogens (tertiary/aromatic N) is 4. The molecule has 1 aromatic heterocycles. The maximum absolute atomic E-state index is 4.64. The molecule has 6 heteroatoms. The number of likely N-dealkylation sites (tertiary alicyclic amines) is 1. The second kappa shape index (κ2) is 9.74.